The van der Waals surface area contributed by atoms with E-state index in [4.69, 9.17) is 9.26 Å². The molecule has 4 aromatic rings. The van der Waals surface area contributed by atoms with Crippen LogP contribution < -0.4 is 5.56 Å². The van der Waals surface area contributed by atoms with Gasteiger partial charge in [0.05, 0.1) is 11.0 Å². The summed E-state index contributed by atoms with van der Waals surface area (Å²) in [5, 5.41) is 4.02. The monoisotopic (exact) mass is 383 g/mol. The van der Waals surface area contributed by atoms with E-state index >= 15 is 0 Å². The summed E-state index contributed by atoms with van der Waals surface area (Å²) < 4.78 is 27.9. The molecule has 0 aliphatic heterocycles. The zero-order valence-electron chi connectivity index (χ0n) is 15.6. The Kier molecular flexibility index (Phi) is 3.48. The molecule has 1 saturated carbocycles. The van der Waals surface area contributed by atoms with Crippen LogP contribution in [0.15, 0.2) is 33.8 Å². The Bertz CT molecular complexity index is 1280. The molecule has 0 radical (unpaired) electrons. The van der Waals surface area contributed by atoms with Crippen LogP contribution in [0.1, 0.15) is 38.6 Å². The van der Waals surface area contributed by atoms with Crippen molar-refractivity contribution in [1.29, 1.82) is 0 Å². The van der Waals surface area contributed by atoms with E-state index in [2.05, 4.69) is 15.1 Å². The average molecular weight is 383 g/mol. The van der Waals surface area contributed by atoms with Crippen molar-refractivity contribution in [3.05, 3.63) is 46.6 Å². The fourth-order valence-electron chi connectivity index (χ4n) is 3.65. The van der Waals surface area contributed by atoms with Crippen molar-refractivity contribution in [1.82, 2.24) is 24.1 Å². The number of hydrogen-bond donors (Lipinski definition) is 0. The van der Waals surface area contributed by atoms with E-state index in [-0.39, 0.29) is 17.4 Å². The topological polar surface area (TPSA) is 87.5 Å². The highest BCUT2D eigenvalue weighted by Gasteiger charge is 2.50. The molecule has 28 heavy (non-hydrogen) atoms. The third-order valence-electron chi connectivity index (χ3n) is 5.28. The first-order chi connectivity index (χ1) is 13.4. The number of aromatic nitrogens is 5. The lowest BCUT2D eigenvalue weighted by Crippen LogP contribution is -2.24. The van der Waals surface area contributed by atoms with Gasteiger partial charge in [0.25, 0.3) is 11.4 Å². The summed E-state index contributed by atoms with van der Waals surface area (Å²) in [6, 6.07) is 4.18. The van der Waals surface area contributed by atoms with Crippen LogP contribution in [-0.4, -0.2) is 31.2 Å². The van der Waals surface area contributed by atoms with Crippen LogP contribution in [0.4, 0.5) is 4.39 Å². The molecule has 1 aromatic carbocycles. The zero-order valence-corrected chi connectivity index (χ0v) is 15.6. The number of nitrogens with zero attached hydrogens (tertiary/aromatic N) is 5. The number of ether oxygens (including phenoxy) is 1. The van der Waals surface area contributed by atoms with Gasteiger partial charge in [0, 0.05) is 13.2 Å². The molecule has 0 bridgehead atoms. The minimum atomic E-state index is -0.525. The van der Waals surface area contributed by atoms with Crippen molar-refractivity contribution >= 4 is 16.6 Å². The first kappa shape index (κ1) is 17.1. The van der Waals surface area contributed by atoms with Gasteiger partial charge < -0.3 is 13.8 Å². The molecule has 1 aliphatic rings. The van der Waals surface area contributed by atoms with Crippen LogP contribution in [0.2, 0.25) is 0 Å². The largest absolute Gasteiger partial charge is 0.368 e. The number of methoxy groups -OCH3 is 1. The lowest BCUT2D eigenvalue weighted by atomic mass is 10.2. The Hall–Kier alpha value is -3.07. The molecule has 1 fully saturated rings. The van der Waals surface area contributed by atoms with Crippen LogP contribution in [0.3, 0.4) is 0 Å². The average Bonchev–Trinajstić information content (AvgIpc) is 3.10. The summed E-state index contributed by atoms with van der Waals surface area (Å²) >= 11 is 0. The molecular weight excluding hydrogens is 365 g/mol. The Morgan fingerprint density at radius 3 is 2.75 bits per heavy atom. The van der Waals surface area contributed by atoms with Gasteiger partial charge in [-0.3, -0.25) is 9.20 Å². The molecule has 144 valence electrons. The van der Waals surface area contributed by atoms with Gasteiger partial charge >= 0.3 is 0 Å². The molecule has 5 rings (SSSR count). The molecule has 0 N–H and O–H groups in total. The summed E-state index contributed by atoms with van der Waals surface area (Å²) in [6.07, 6.45) is 3.15. The first-order valence-corrected chi connectivity index (χ1v) is 9.06. The second-order valence-corrected chi connectivity index (χ2v) is 7.34. The quantitative estimate of drug-likeness (QED) is 0.538. The summed E-state index contributed by atoms with van der Waals surface area (Å²) in [7, 11) is 1.61. The third kappa shape index (κ3) is 2.26. The number of imidazole rings is 1. The van der Waals surface area contributed by atoms with Gasteiger partial charge in [-0.1, -0.05) is 5.16 Å². The molecular formula is C19H18FN5O3. The van der Waals surface area contributed by atoms with Gasteiger partial charge in [-0.25, -0.2) is 9.37 Å². The van der Waals surface area contributed by atoms with Crippen LogP contribution >= 0.6 is 0 Å². The highest BCUT2D eigenvalue weighted by molar-refractivity contribution is 5.83. The fourth-order valence-corrected chi connectivity index (χ4v) is 3.65. The van der Waals surface area contributed by atoms with Crippen LogP contribution in [0.25, 0.3) is 28.1 Å². The van der Waals surface area contributed by atoms with E-state index in [9.17, 15) is 9.18 Å². The van der Waals surface area contributed by atoms with Gasteiger partial charge in [0.15, 0.2) is 0 Å². The van der Waals surface area contributed by atoms with E-state index in [1.165, 1.54) is 18.5 Å². The predicted molar refractivity (Wildman–Crippen MR) is 98.5 cm³/mol. The van der Waals surface area contributed by atoms with E-state index < -0.39 is 11.4 Å². The van der Waals surface area contributed by atoms with Crippen molar-refractivity contribution in [2.45, 2.75) is 38.3 Å². The maximum Gasteiger partial charge on any atom is 0.278 e. The lowest BCUT2D eigenvalue weighted by Gasteiger charge is -2.15. The number of benzene rings is 1. The third-order valence-corrected chi connectivity index (χ3v) is 5.28. The Balaban J connectivity index is 1.80. The van der Waals surface area contributed by atoms with Gasteiger partial charge in [-0.2, -0.15) is 4.98 Å². The Morgan fingerprint density at radius 2 is 2.07 bits per heavy atom. The Morgan fingerprint density at radius 1 is 1.29 bits per heavy atom. The van der Waals surface area contributed by atoms with Crippen molar-refractivity contribution in [3.63, 3.8) is 0 Å². The predicted octanol–water partition coefficient (Wildman–Crippen LogP) is 3.05. The van der Waals surface area contributed by atoms with E-state index in [0.717, 1.165) is 12.8 Å². The van der Waals surface area contributed by atoms with Crippen molar-refractivity contribution in [2.24, 2.45) is 0 Å². The van der Waals surface area contributed by atoms with Crippen molar-refractivity contribution < 1.29 is 13.7 Å². The minimum Gasteiger partial charge on any atom is -0.368 e. The highest BCUT2D eigenvalue weighted by atomic mass is 19.1. The lowest BCUT2D eigenvalue weighted by molar-refractivity contribution is 0.0492. The van der Waals surface area contributed by atoms with Gasteiger partial charge in [-0.15, -0.1) is 0 Å². The van der Waals surface area contributed by atoms with E-state index in [0.29, 0.717) is 28.1 Å². The molecule has 1 aliphatic carbocycles. The van der Waals surface area contributed by atoms with E-state index in [1.807, 2.05) is 13.8 Å². The summed E-state index contributed by atoms with van der Waals surface area (Å²) in [6.45, 7) is 3.75. The summed E-state index contributed by atoms with van der Waals surface area (Å²) in [4.78, 5) is 22.1. The molecule has 3 aromatic heterocycles. The molecule has 3 heterocycles. The number of rotatable bonds is 4. The zero-order chi connectivity index (χ0) is 19.6. The fraction of sp³-hybridized carbons (Fsp3) is 0.368. The molecule has 0 atom stereocenters. The number of fused-ring (bicyclic) bond motifs is 3. The van der Waals surface area contributed by atoms with Crippen LogP contribution in [0.5, 0.6) is 0 Å². The molecule has 0 saturated heterocycles. The maximum atomic E-state index is 13.9. The normalized spacial score (nSPS) is 15.8. The van der Waals surface area contributed by atoms with Gasteiger partial charge in [-0.05, 0) is 44.9 Å². The van der Waals surface area contributed by atoms with Crippen LogP contribution in [-0.2, 0) is 10.3 Å². The maximum absolute atomic E-state index is 13.9. The second kappa shape index (κ2) is 5.71. The standard InChI is InChI=1S/C19H18FN5O3/c1-10(2)25-13-8-11(20)4-5-12(13)24-9-21-14(15(24)17(25)26)16-22-18(28-23-16)19(27-3)6-7-19/h4-5,8-10H,6-7H2,1-3H3. The van der Waals surface area contributed by atoms with Gasteiger partial charge in [0.1, 0.15) is 29.0 Å². The van der Waals surface area contributed by atoms with Crippen molar-refractivity contribution in [3.8, 4) is 11.5 Å². The molecule has 0 amide bonds. The SMILES string of the molecule is COC1(c2nc(-c3ncn4c3c(=O)n(C(C)C)c3cc(F)ccc34)no2)CC1. The Labute approximate surface area is 158 Å². The minimum absolute atomic E-state index is 0.173. The molecule has 0 unspecified atom stereocenters. The molecule has 9 heteroatoms. The number of hydrogen-bond acceptors (Lipinski definition) is 6. The van der Waals surface area contributed by atoms with Crippen LogP contribution in [0, 0.1) is 5.82 Å². The highest BCUT2D eigenvalue weighted by Crippen LogP contribution is 2.48. The molecule has 0 spiro atoms. The smallest absolute Gasteiger partial charge is 0.278 e. The summed E-state index contributed by atoms with van der Waals surface area (Å²) in [5.41, 5.74) is 1.00. The first-order valence-electron chi connectivity index (χ1n) is 9.06. The number of halogens is 1. The van der Waals surface area contributed by atoms with Gasteiger partial charge in [0.2, 0.25) is 5.82 Å². The molecule has 8 nitrogen and oxygen atoms in total. The second-order valence-electron chi connectivity index (χ2n) is 7.34. The van der Waals surface area contributed by atoms with E-state index in [1.54, 1.807) is 22.1 Å². The van der Waals surface area contributed by atoms with Crippen molar-refractivity contribution in [2.75, 3.05) is 7.11 Å². The summed E-state index contributed by atoms with van der Waals surface area (Å²) in [5.74, 6) is 0.214.